The third kappa shape index (κ3) is 5.68. The van der Waals surface area contributed by atoms with E-state index in [1.807, 2.05) is 60.7 Å². The van der Waals surface area contributed by atoms with Crippen molar-refractivity contribution in [3.05, 3.63) is 118 Å². The standard InChI is InChI=1S/C29H31N5O2/c35-28(22-12-14-24(15-13-22)34-16-5-2-6-17-34)33-26-18-23(20-31-29(26)36)25-10-7-11-27(32-25)30-19-21-8-3-1-4-9-21/h1,3-4,7-15,18,20,25,30,32H,2,5-6,16-17,19H2,(H,31,36)(H,33,35). The summed E-state index contributed by atoms with van der Waals surface area (Å²) in [5, 5.41) is 9.62. The first-order chi connectivity index (χ1) is 17.7. The summed E-state index contributed by atoms with van der Waals surface area (Å²) in [6, 6.07) is 19.3. The predicted octanol–water partition coefficient (Wildman–Crippen LogP) is 4.45. The summed E-state index contributed by atoms with van der Waals surface area (Å²) in [6.45, 7) is 2.80. The van der Waals surface area contributed by atoms with Crippen LogP contribution in [-0.4, -0.2) is 24.0 Å². The molecule has 3 heterocycles. The third-order valence-electron chi connectivity index (χ3n) is 6.59. The molecular weight excluding hydrogens is 450 g/mol. The molecule has 5 rings (SSSR count). The Morgan fingerprint density at radius 3 is 2.56 bits per heavy atom. The van der Waals surface area contributed by atoms with Crippen LogP contribution in [0.25, 0.3) is 0 Å². The van der Waals surface area contributed by atoms with E-state index in [0.717, 1.165) is 30.2 Å². The molecule has 2 aromatic carbocycles. The maximum atomic E-state index is 12.9. The van der Waals surface area contributed by atoms with E-state index in [9.17, 15) is 9.59 Å². The highest BCUT2D eigenvalue weighted by Crippen LogP contribution is 2.22. The molecule has 4 N–H and O–H groups in total. The smallest absolute Gasteiger partial charge is 0.271 e. The maximum Gasteiger partial charge on any atom is 0.271 e. The lowest BCUT2D eigenvalue weighted by atomic mass is 10.1. The van der Waals surface area contributed by atoms with Gasteiger partial charge >= 0.3 is 0 Å². The Morgan fingerprint density at radius 1 is 1.00 bits per heavy atom. The number of anilines is 2. The molecular formula is C29H31N5O2. The van der Waals surface area contributed by atoms with Crippen LogP contribution >= 0.6 is 0 Å². The van der Waals surface area contributed by atoms with Gasteiger partial charge in [0.25, 0.3) is 11.5 Å². The van der Waals surface area contributed by atoms with Crippen LogP contribution in [0.5, 0.6) is 0 Å². The van der Waals surface area contributed by atoms with Gasteiger partial charge in [0.15, 0.2) is 0 Å². The molecule has 1 saturated heterocycles. The van der Waals surface area contributed by atoms with Crippen molar-refractivity contribution < 1.29 is 4.79 Å². The van der Waals surface area contributed by atoms with E-state index in [4.69, 9.17) is 0 Å². The number of rotatable bonds is 7. The van der Waals surface area contributed by atoms with Crippen molar-refractivity contribution in [2.45, 2.75) is 31.8 Å². The van der Waals surface area contributed by atoms with Crippen LogP contribution in [0.15, 0.2) is 95.7 Å². The molecule has 3 aromatic rings. The van der Waals surface area contributed by atoms with Crippen LogP contribution in [0.4, 0.5) is 11.4 Å². The average Bonchev–Trinajstić information content (AvgIpc) is 2.94. The molecule has 0 spiro atoms. The number of piperidine rings is 1. The van der Waals surface area contributed by atoms with Crippen LogP contribution in [0, 0.1) is 0 Å². The molecule has 1 unspecified atom stereocenters. The summed E-state index contributed by atoms with van der Waals surface area (Å²) < 4.78 is 0. The van der Waals surface area contributed by atoms with E-state index in [1.54, 1.807) is 12.3 Å². The minimum atomic E-state index is -0.338. The zero-order valence-electron chi connectivity index (χ0n) is 20.2. The van der Waals surface area contributed by atoms with Gasteiger partial charge in [0.2, 0.25) is 0 Å². The predicted molar refractivity (Wildman–Crippen MR) is 144 cm³/mol. The number of carbonyl (C=O) groups excluding carboxylic acids is 1. The Labute approximate surface area is 210 Å². The summed E-state index contributed by atoms with van der Waals surface area (Å²) in [6.07, 6.45) is 11.3. The molecule has 0 aliphatic carbocycles. The molecule has 36 heavy (non-hydrogen) atoms. The molecule has 1 atom stereocenters. The Bertz CT molecular complexity index is 1310. The van der Waals surface area contributed by atoms with E-state index in [2.05, 4.69) is 38.0 Å². The monoisotopic (exact) mass is 481 g/mol. The van der Waals surface area contributed by atoms with Gasteiger partial charge in [-0.15, -0.1) is 0 Å². The second-order valence-electron chi connectivity index (χ2n) is 9.15. The largest absolute Gasteiger partial charge is 0.372 e. The Morgan fingerprint density at radius 2 is 1.78 bits per heavy atom. The van der Waals surface area contributed by atoms with Crippen molar-refractivity contribution in [1.29, 1.82) is 0 Å². The van der Waals surface area contributed by atoms with Gasteiger partial charge in [-0.1, -0.05) is 42.5 Å². The lowest BCUT2D eigenvalue weighted by Crippen LogP contribution is -2.31. The van der Waals surface area contributed by atoms with Crippen molar-refractivity contribution in [3.63, 3.8) is 0 Å². The van der Waals surface area contributed by atoms with Gasteiger partial charge in [0.1, 0.15) is 5.69 Å². The molecule has 2 aliphatic rings. The summed E-state index contributed by atoms with van der Waals surface area (Å²) in [5.74, 6) is 0.581. The highest BCUT2D eigenvalue weighted by Gasteiger charge is 2.16. The van der Waals surface area contributed by atoms with Crippen LogP contribution in [0.2, 0.25) is 0 Å². The highest BCUT2D eigenvalue weighted by atomic mass is 16.2. The number of nitrogens with zero attached hydrogens (tertiary/aromatic N) is 1. The fourth-order valence-electron chi connectivity index (χ4n) is 4.57. The average molecular weight is 482 g/mol. The lowest BCUT2D eigenvalue weighted by molar-refractivity contribution is 0.102. The Kier molecular flexibility index (Phi) is 7.17. The zero-order valence-corrected chi connectivity index (χ0v) is 20.2. The van der Waals surface area contributed by atoms with Crippen molar-refractivity contribution in [2.75, 3.05) is 23.3 Å². The number of carbonyl (C=O) groups is 1. The van der Waals surface area contributed by atoms with E-state index in [0.29, 0.717) is 12.1 Å². The van der Waals surface area contributed by atoms with Gasteiger partial charge in [-0.05, 0) is 66.8 Å². The Balaban J connectivity index is 1.23. The molecule has 1 aromatic heterocycles. The quantitative estimate of drug-likeness (QED) is 0.400. The van der Waals surface area contributed by atoms with Crippen LogP contribution < -0.4 is 26.4 Å². The number of amides is 1. The summed E-state index contributed by atoms with van der Waals surface area (Å²) >= 11 is 0. The molecule has 0 radical (unpaired) electrons. The molecule has 2 aliphatic heterocycles. The number of H-pyrrole nitrogens is 1. The number of pyridine rings is 1. The second kappa shape index (κ2) is 11.0. The molecule has 1 amide bonds. The number of aromatic amines is 1. The van der Waals surface area contributed by atoms with Gasteiger partial charge in [-0.25, -0.2) is 0 Å². The molecule has 1 fully saturated rings. The maximum absolute atomic E-state index is 12.9. The van der Waals surface area contributed by atoms with E-state index >= 15 is 0 Å². The van der Waals surface area contributed by atoms with Gasteiger partial charge in [-0.2, -0.15) is 0 Å². The molecule has 7 heteroatoms. The molecule has 0 bridgehead atoms. The van der Waals surface area contributed by atoms with Crippen LogP contribution in [0.1, 0.15) is 46.8 Å². The molecule has 7 nitrogen and oxygen atoms in total. The number of hydrogen-bond acceptors (Lipinski definition) is 5. The molecule has 184 valence electrons. The van der Waals surface area contributed by atoms with E-state index in [1.165, 1.54) is 24.8 Å². The zero-order chi connectivity index (χ0) is 24.7. The second-order valence-corrected chi connectivity index (χ2v) is 9.15. The Hall–Kier alpha value is -4.26. The van der Waals surface area contributed by atoms with Crippen molar-refractivity contribution >= 4 is 17.3 Å². The van der Waals surface area contributed by atoms with E-state index in [-0.39, 0.29) is 23.2 Å². The van der Waals surface area contributed by atoms with Gasteiger partial charge < -0.3 is 25.8 Å². The highest BCUT2D eigenvalue weighted by molar-refractivity contribution is 6.04. The number of allylic oxidation sites excluding steroid dienone is 2. The van der Waals surface area contributed by atoms with E-state index < -0.39 is 0 Å². The van der Waals surface area contributed by atoms with Crippen molar-refractivity contribution in [3.8, 4) is 0 Å². The first-order valence-corrected chi connectivity index (χ1v) is 12.5. The van der Waals surface area contributed by atoms with Gasteiger partial charge in [-0.3, -0.25) is 9.59 Å². The lowest BCUT2D eigenvalue weighted by Gasteiger charge is -2.28. The minimum Gasteiger partial charge on any atom is -0.372 e. The fraction of sp³-hybridized carbons (Fsp3) is 0.241. The van der Waals surface area contributed by atoms with Gasteiger partial charge in [0.05, 0.1) is 11.9 Å². The first-order valence-electron chi connectivity index (χ1n) is 12.5. The minimum absolute atomic E-state index is 0.149. The fourth-order valence-corrected chi connectivity index (χ4v) is 4.57. The van der Waals surface area contributed by atoms with Crippen LogP contribution in [-0.2, 0) is 6.54 Å². The normalized spacial score (nSPS) is 17.2. The first kappa shape index (κ1) is 23.5. The van der Waals surface area contributed by atoms with Crippen molar-refractivity contribution in [2.24, 2.45) is 0 Å². The number of aromatic nitrogens is 1. The SMILES string of the molecule is O=C(Nc1cc(C2C=CC=C(NCc3ccccc3)N2)c[nH]c1=O)c1ccc(N2CCCCC2)cc1. The summed E-state index contributed by atoms with van der Waals surface area (Å²) in [4.78, 5) is 30.5. The number of hydrogen-bond donors (Lipinski definition) is 4. The summed E-state index contributed by atoms with van der Waals surface area (Å²) in [7, 11) is 0. The number of benzene rings is 2. The van der Waals surface area contributed by atoms with Crippen molar-refractivity contribution in [1.82, 2.24) is 15.6 Å². The number of nitrogens with one attached hydrogen (secondary N) is 4. The molecule has 0 saturated carbocycles. The number of dihydropyridines is 1. The topological polar surface area (TPSA) is 89.3 Å². The van der Waals surface area contributed by atoms with Crippen LogP contribution in [0.3, 0.4) is 0 Å². The summed E-state index contributed by atoms with van der Waals surface area (Å²) in [5.41, 5.74) is 3.56. The van der Waals surface area contributed by atoms with Gasteiger partial charge in [0, 0.05) is 37.1 Å². The third-order valence-corrected chi connectivity index (χ3v) is 6.59.